The fraction of sp³-hybridized carbons (Fsp3) is 0.250. The van der Waals surface area contributed by atoms with Gasteiger partial charge in [0.1, 0.15) is 23.5 Å². The summed E-state index contributed by atoms with van der Waals surface area (Å²) in [6.45, 7) is 2.22. The minimum atomic E-state index is -3.78. The second-order valence-corrected chi connectivity index (χ2v) is 11.2. The Kier molecular flexibility index (Phi) is 7.69. The van der Waals surface area contributed by atoms with Crippen LogP contribution in [0.4, 0.5) is 21.6 Å². The summed E-state index contributed by atoms with van der Waals surface area (Å²) in [5, 5.41) is 6.43. The van der Waals surface area contributed by atoms with E-state index in [0.29, 0.717) is 24.5 Å². The van der Waals surface area contributed by atoms with Crippen LogP contribution in [-0.2, 0) is 29.5 Å². The van der Waals surface area contributed by atoms with Crippen molar-refractivity contribution in [3.63, 3.8) is 0 Å². The summed E-state index contributed by atoms with van der Waals surface area (Å²) >= 11 is 0. The summed E-state index contributed by atoms with van der Waals surface area (Å²) in [7, 11) is -3.78. The van der Waals surface area contributed by atoms with Crippen molar-refractivity contribution in [2.75, 3.05) is 15.4 Å². The van der Waals surface area contributed by atoms with E-state index in [1.54, 1.807) is 42.5 Å². The van der Waals surface area contributed by atoms with Gasteiger partial charge < -0.3 is 10.6 Å². The van der Waals surface area contributed by atoms with E-state index in [0.717, 1.165) is 23.0 Å². The van der Waals surface area contributed by atoms with Crippen molar-refractivity contribution in [2.24, 2.45) is 0 Å². The highest BCUT2D eigenvalue weighted by Crippen LogP contribution is 2.26. The topological polar surface area (TPSA) is 127 Å². The molecule has 10 nitrogen and oxygen atoms in total. The second-order valence-electron chi connectivity index (χ2n) is 9.52. The van der Waals surface area contributed by atoms with Crippen molar-refractivity contribution in [1.29, 1.82) is 0 Å². The van der Waals surface area contributed by atoms with Gasteiger partial charge in [-0.05, 0) is 42.3 Å². The van der Waals surface area contributed by atoms with Gasteiger partial charge in [0.05, 0.1) is 17.1 Å². The molecule has 40 heavy (non-hydrogen) atoms. The number of hydrogen-bond donors (Lipinski definition) is 3. The smallest absolute Gasteiger partial charge is 0.332 e. The van der Waals surface area contributed by atoms with Gasteiger partial charge in [-0.1, -0.05) is 43.7 Å². The number of fused-ring (bicyclic) bond motifs is 1. The number of anilines is 3. The van der Waals surface area contributed by atoms with Crippen LogP contribution in [0, 0.1) is 5.82 Å². The average Bonchev–Trinajstić information content (AvgIpc) is 3.36. The van der Waals surface area contributed by atoms with Crippen molar-refractivity contribution in [3.8, 4) is 0 Å². The number of sulfonamides is 1. The maximum Gasteiger partial charge on any atom is 0.332 e. The normalized spacial score (nSPS) is 14.3. The van der Waals surface area contributed by atoms with E-state index in [9.17, 15) is 22.4 Å². The van der Waals surface area contributed by atoms with Crippen LogP contribution in [0.3, 0.4) is 0 Å². The molecule has 1 atom stereocenters. The third-order valence-electron chi connectivity index (χ3n) is 6.68. The van der Waals surface area contributed by atoms with Crippen LogP contribution >= 0.6 is 0 Å². The fourth-order valence-corrected chi connectivity index (χ4v) is 5.65. The maximum absolute atomic E-state index is 14.3. The summed E-state index contributed by atoms with van der Waals surface area (Å²) in [6, 6.07) is 15.6. The first kappa shape index (κ1) is 27.1. The predicted octanol–water partition coefficient (Wildman–Crippen LogP) is 3.60. The zero-order chi connectivity index (χ0) is 28.3. The first-order valence-electron chi connectivity index (χ1n) is 12.9. The Balaban J connectivity index is 1.37. The van der Waals surface area contributed by atoms with Gasteiger partial charge in [0, 0.05) is 30.9 Å². The average molecular weight is 565 g/mol. The number of benzene rings is 2. The minimum absolute atomic E-state index is 0.105. The molecule has 3 N–H and O–H groups in total. The lowest BCUT2D eigenvalue weighted by Gasteiger charge is -2.15. The molecule has 0 bridgehead atoms. The van der Waals surface area contributed by atoms with Gasteiger partial charge in [0.2, 0.25) is 0 Å². The molecule has 1 unspecified atom stereocenters. The molecule has 208 valence electrons. The number of nitrogens with zero attached hydrogens (tertiary/aromatic N) is 3. The Labute approximate surface area is 230 Å². The number of unbranched alkanes of at least 4 members (excludes halogenated alkanes) is 1. The van der Waals surface area contributed by atoms with Crippen LogP contribution in [0.1, 0.15) is 30.9 Å². The summed E-state index contributed by atoms with van der Waals surface area (Å²) in [4.78, 5) is 30.7. The Bertz CT molecular complexity index is 1740. The molecule has 2 aromatic carbocycles. The van der Waals surface area contributed by atoms with Gasteiger partial charge >= 0.3 is 5.69 Å². The summed E-state index contributed by atoms with van der Waals surface area (Å²) in [5.41, 5.74) is 0.680. The van der Waals surface area contributed by atoms with E-state index >= 15 is 0 Å². The zero-order valence-electron chi connectivity index (χ0n) is 21.8. The van der Waals surface area contributed by atoms with Crippen molar-refractivity contribution < 1.29 is 12.8 Å². The number of rotatable bonds is 10. The summed E-state index contributed by atoms with van der Waals surface area (Å²) in [6.07, 6.45) is 4.54. The molecule has 0 aliphatic carbocycles. The lowest BCUT2D eigenvalue weighted by Crippen LogP contribution is -2.41. The minimum Gasteiger partial charge on any atom is -0.358 e. The zero-order valence-corrected chi connectivity index (χ0v) is 22.6. The van der Waals surface area contributed by atoms with Crippen LogP contribution < -0.4 is 26.6 Å². The summed E-state index contributed by atoms with van der Waals surface area (Å²) < 4.78 is 44.9. The molecule has 1 aliphatic rings. The van der Waals surface area contributed by atoms with E-state index in [1.807, 2.05) is 6.92 Å². The highest BCUT2D eigenvalue weighted by atomic mass is 32.2. The SMILES string of the molecule is CCCCn1c2c(c(=O)n(Cc3ccccc3F)c1=O)NC(Cc1ccc(S(=O)(=O)Nc3ccncc3)cc1)N2. The molecule has 4 aromatic rings. The third kappa shape index (κ3) is 5.62. The van der Waals surface area contributed by atoms with Crippen LogP contribution in [-0.4, -0.2) is 28.7 Å². The van der Waals surface area contributed by atoms with Crippen LogP contribution in [0.25, 0.3) is 0 Å². The standard InChI is InChI=1S/C28H29FN6O4S/c1-2-3-16-34-26-25(27(36)35(28(34)37)18-20-6-4-5-7-23(20)29)31-24(32-26)17-19-8-10-22(11-9-19)40(38,39)33-21-12-14-30-15-13-21/h4-15,24,31-32H,2-3,16-18H2,1H3,(H,30,33). The van der Waals surface area contributed by atoms with E-state index in [2.05, 4.69) is 20.3 Å². The Morgan fingerprint density at radius 2 is 1.70 bits per heavy atom. The molecule has 0 radical (unpaired) electrons. The first-order chi connectivity index (χ1) is 19.3. The predicted molar refractivity (Wildman–Crippen MR) is 152 cm³/mol. The number of hydrogen-bond acceptors (Lipinski definition) is 7. The van der Waals surface area contributed by atoms with Gasteiger partial charge in [-0.25, -0.2) is 17.6 Å². The van der Waals surface area contributed by atoms with Crippen molar-refractivity contribution in [1.82, 2.24) is 14.1 Å². The first-order valence-corrected chi connectivity index (χ1v) is 14.4. The van der Waals surface area contributed by atoms with Crippen LogP contribution in [0.15, 0.2) is 87.5 Å². The third-order valence-corrected chi connectivity index (χ3v) is 8.08. The maximum atomic E-state index is 14.3. The van der Waals surface area contributed by atoms with Gasteiger partial charge in [-0.2, -0.15) is 0 Å². The molecule has 1 aliphatic heterocycles. The Hall–Kier alpha value is -4.45. The lowest BCUT2D eigenvalue weighted by atomic mass is 10.1. The Morgan fingerprint density at radius 3 is 2.40 bits per heavy atom. The lowest BCUT2D eigenvalue weighted by molar-refractivity contribution is 0.547. The van der Waals surface area contributed by atoms with E-state index < -0.39 is 33.3 Å². The molecular weight excluding hydrogens is 535 g/mol. The highest BCUT2D eigenvalue weighted by Gasteiger charge is 2.29. The summed E-state index contributed by atoms with van der Waals surface area (Å²) in [5.74, 6) is -0.0845. The number of pyridine rings is 1. The molecule has 0 amide bonds. The molecule has 0 saturated carbocycles. The van der Waals surface area contributed by atoms with E-state index in [-0.39, 0.29) is 22.7 Å². The number of halogens is 1. The monoisotopic (exact) mass is 564 g/mol. The van der Waals surface area contributed by atoms with Crippen LogP contribution in [0.5, 0.6) is 0 Å². The number of aromatic nitrogens is 3. The van der Waals surface area contributed by atoms with Crippen molar-refractivity contribution in [3.05, 3.63) is 111 Å². The second kappa shape index (κ2) is 11.3. The molecular formula is C28H29FN6O4S. The molecule has 0 fully saturated rings. The van der Waals surface area contributed by atoms with Gasteiger partial charge in [-0.3, -0.25) is 23.6 Å². The molecule has 0 saturated heterocycles. The van der Waals surface area contributed by atoms with Gasteiger partial charge in [-0.15, -0.1) is 0 Å². The molecule has 2 aromatic heterocycles. The van der Waals surface area contributed by atoms with E-state index in [1.165, 1.54) is 35.2 Å². The highest BCUT2D eigenvalue weighted by molar-refractivity contribution is 7.92. The van der Waals surface area contributed by atoms with E-state index in [4.69, 9.17) is 0 Å². The van der Waals surface area contributed by atoms with Crippen LogP contribution in [0.2, 0.25) is 0 Å². The molecule has 5 rings (SSSR count). The Morgan fingerprint density at radius 1 is 0.975 bits per heavy atom. The van der Waals surface area contributed by atoms with Gasteiger partial charge in [0.25, 0.3) is 15.6 Å². The largest absolute Gasteiger partial charge is 0.358 e. The van der Waals surface area contributed by atoms with Crippen molar-refractivity contribution in [2.45, 2.75) is 50.3 Å². The number of nitrogens with one attached hydrogen (secondary N) is 3. The molecule has 12 heteroatoms. The fourth-order valence-electron chi connectivity index (χ4n) is 4.59. The van der Waals surface area contributed by atoms with Crippen molar-refractivity contribution >= 4 is 27.2 Å². The quantitative estimate of drug-likeness (QED) is 0.269. The molecule has 0 spiro atoms. The molecule has 3 heterocycles. The van der Waals surface area contributed by atoms with Gasteiger partial charge in [0.15, 0.2) is 0 Å².